The first-order valence-electron chi connectivity index (χ1n) is 6.34. The van der Waals surface area contributed by atoms with Gasteiger partial charge in [-0.3, -0.25) is 4.90 Å². The molecule has 0 aromatic carbocycles. The van der Waals surface area contributed by atoms with Gasteiger partial charge in [-0.05, 0) is 54.6 Å². The second-order valence-corrected chi connectivity index (χ2v) is 5.93. The van der Waals surface area contributed by atoms with Crippen LogP contribution in [0.5, 0.6) is 0 Å². The van der Waals surface area contributed by atoms with E-state index in [4.69, 9.17) is 0 Å². The average molecular weight is 236 g/mol. The van der Waals surface area contributed by atoms with Crippen LogP contribution in [0.3, 0.4) is 0 Å². The summed E-state index contributed by atoms with van der Waals surface area (Å²) in [5.74, 6) is 0.898. The topological polar surface area (TPSA) is 15.3 Å². The minimum atomic E-state index is 0.596. The van der Waals surface area contributed by atoms with E-state index < -0.39 is 0 Å². The number of thiophene rings is 1. The van der Waals surface area contributed by atoms with Crippen molar-refractivity contribution in [3.05, 3.63) is 22.4 Å². The summed E-state index contributed by atoms with van der Waals surface area (Å²) in [5.41, 5.74) is 1.49. The largest absolute Gasteiger partial charge is 0.312 e. The molecule has 1 aromatic rings. The summed E-state index contributed by atoms with van der Waals surface area (Å²) in [4.78, 5) is 2.65. The van der Waals surface area contributed by atoms with Crippen molar-refractivity contribution < 1.29 is 0 Å². The van der Waals surface area contributed by atoms with Crippen molar-refractivity contribution in [3.63, 3.8) is 0 Å². The van der Waals surface area contributed by atoms with E-state index in [0.29, 0.717) is 6.04 Å². The van der Waals surface area contributed by atoms with E-state index in [9.17, 15) is 0 Å². The number of hydrogen-bond donors (Lipinski definition) is 1. The van der Waals surface area contributed by atoms with Crippen LogP contribution in [0.2, 0.25) is 0 Å². The summed E-state index contributed by atoms with van der Waals surface area (Å²) in [6.45, 7) is 6.09. The molecule has 0 radical (unpaired) electrons. The van der Waals surface area contributed by atoms with E-state index in [1.54, 1.807) is 0 Å². The highest BCUT2D eigenvalue weighted by molar-refractivity contribution is 7.07. The van der Waals surface area contributed by atoms with Gasteiger partial charge in [0.05, 0.1) is 0 Å². The van der Waals surface area contributed by atoms with Crippen molar-refractivity contribution in [2.24, 2.45) is 5.92 Å². The number of hydrogen-bond acceptors (Lipinski definition) is 3. The lowest BCUT2D eigenvalue weighted by atomic mass is 9.94. The molecule has 3 heterocycles. The third-order valence-corrected chi connectivity index (χ3v) is 4.90. The predicted octanol–water partition coefficient (Wildman–Crippen LogP) is 2.49. The molecule has 16 heavy (non-hydrogen) atoms. The van der Waals surface area contributed by atoms with Gasteiger partial charge in [0.15, 0.2) is 0 Å². The lowest BCUT2D eigenvalue weighted by molar-refractivity contribution is 0.251. The standard InChI is InChI=1S/C13H20N2S/c1-10(12-4-6-16-9-12)15-7-11-3-2-5-14-13(11)8-15/h4,6,9-11,13-14H,2-3,5,7-8H2,1H3/t10?,11-,13+/m0/s1. The Morgan fingerprint density at radius 2 is 2.44 bits per heavy atom. The minimum Gasteiger partial charge on any atom is -0.312 e. The maximum Gasteiger partial charge on any atom is 0.0328 e. The van der Waals surface area contributed by atoms with E-state index in [0.717, 1.165) is 12.0 Å². The van der Waals surface area contributed by atoms with Gasteiger partial charge < -0.3 is 5.32 Å². The molecule has 0 spiro atoms. The van der Waals surface area contributed by atoms with Crippen LogP contribution in [-0.4, -0.2) is 30.6 Å². The fourth-order valence-electron chi connectivity index (χ4n) is 3.12. The summed E-state index contributed by atoms with van der Waals surface area (Å²) >= 11 is 1.81. The Bertz CT molecular complexity index is 322. The van der Waals surface area contributed by atoms with Gasteiger partial charge in [0.25, 0.3) is 0 Å². The smallest absolute Gasteiger partial charge is 0.0328 e. The van der Waals surface area contributed by atoms with E-state index in [1.165, 1.54) is 38.0 Å². The van der Waals surface area contributed by atoms with Crippen LogP contribution < -0.4 is 5.32 Å². The first kappa shape index (κ1) is 10.8. The summed E-state index contributed by atoms with van der Waals surface area (Å²) in [7, 11) is 0. The predicted molar refractivity (Wildman–Crippen MR) is 68.8 cm³/mol. The zero-order valence-corrected chi connectivity index (χ0v) is 10.7. The van der Waals surface area contributed by atoms with Gasteiger partial charge in [-0.25, -0.2) is 0 Å². The first-order chi connectivity index (χ1) is 7.84. The molecule has 88 valence electrons. The van der Waals surface area contributed by atoms with E-state index in [-0.39, 0.29) is 0 Å². The molecule has 0 saturated carbocycles. The highest BCUT2D eigenvalue weighted by Gasteiger charge is 2.36. The molecule has 0 bridgehead atoms. The van der Waals surface area contributed by atoms with Gasteiger partial charge in [0.2, 0.25) is 0 Å². The highest BCUT2D eigenvalue weighted by Crippen LogP contribution is 2.31. The van der Waals surface area contributed by atoms with E-state index >= 15 is 0 Å². The minimum absolute atomic E-state index is 0.596. The summed E-state index contributed by atoms with van der Waals surface area (Å²) in [6.07, 6.45) is 2.78. The third kappa shape index (κ3) is 1.92. The number of nitrogens with one attached hydrogen (secondary N) is 1. The molecule has 0 amide bonds. The summed E-state index contributed by atoms with van der Waals surface area (Å²) in [6, 6.07) is 3.62. The lowest BCUT2D eigenvalue weighted by Crippen LogP contribution is -2.40. The van der Waals surface area contributed by atoms with Gasteiger partial charge in [-0.2, -0.15) is 11.3 Å². The molecule has 3 rings (SSSR count). The Balaban J connectivity index is 1.68. The van der Waals surface area contributed by atoms with Crippen molar-refractivity contribution in [2.75, 3.05) is 19.6 Å². The van der Waals surface area contributed by atoms with Crippen molar-refractivity contribution in [2.45, 2.75) is 31.8 Å². The Labute approximate surface area is 102 Å². The second kappa shape index (κ2) is 4.47. The van der Waals surface area contributed by atoms with Gasteiger partial charge in [-0.15, -0.1) is 0 Å². The summed E-state index contributed by atoms with van der Waals surface area (Å²) < 4.78 is 0. The number of rotatable bonds is 2. The molecule has 2 aliphatic heterocycles. The molecule has 2 fully saturated rings. The molecule has 1 N–H and O–H groups in total. The third-order valence-electron chi connectivity index (χ3n) is 4.20. The molecule has 1 aromatic heterocycles. The molecule has 2 aliphatic rings. The zero-order valence-electron chi connectivity index (χ0n) is 9.86. The number of fused-ring (bicyclic) bond motifs is 1. The van der Waals surface area contributed by atoms with Gasteiger partial charge in [0, 0.05) is 25.2 Å². The fraction of sp³-hybridized carbons (Fsp3) is 0.692. The maximum atomic E-state index is 3.67. The lowest BCUT2D eigenvalue weighted by Gasteiger charge is -2.25. The Kier molecular flexibility index (Phi) is 3.01. The molecule has 3 heteroatoms. The fourth-order valence-corrected chi connectivity index (χ4v) is 3.87. The highest BCUT2D eigenvalue weighted by atomic mass is 32.1. The van der Waals surface area contributed by atoms with Gasteiger partial charge in [0.1, 0.15) is 0 Å². The Morgan fingerprint density at radius 1 is 1.50 bits per heavy atom. The van der Waals surface area contributed by atoms with Gasteiger partial charge in [-0.1, -0.05) is 0 Å². The summed E-state index contributed by atoms with van der Waals surface area (Å²) in [5, 5.41) is 8.15. The van der Waals surface area contributed by atoms with E-state index in [1.807, 2.05) is 11.3 Å². The van der Waals surface area contributed by atoms with Crippen LogP contribution in [0.4, 0.5) is 0 Å². The van der Waals surface area contributed by atoms with Crippen LogP contribution in [0, 0.1) is 5.92 Å². The van der Waals surface area contributed by atoms with E-state index in [2.05, 4.69) is 34.0 Å². The Hall–Kier alpha value is -0.380. The number of piperidine rings is 1. The Morgan fingerprint density at radius 3 is 3.19 bits per heavy atom. The number of nitrogens with zero attached hydrogens (tertiary/aromatic N) is 1. The van der Waals surface area contributed by atoms with Crippen molar-refractivity contribution in [1.29, 1.82) is 0 Å². The molecular weight excluding hydrogens is 216 g/mol. The zero-order chi connectivity index (χ0) is 11.0. The normalized spacial score (nSPS) is 32.6. The van der Waals surface area contributed by atoms with Crippen LogP contribution >= 0.6 is 11.3 Å². The van der Waals surface area contributed by atoms with Gasteiger partial charge >= 0.3 is 0 Å². The molecule has 2 nitrogen and oxygen atoms in total. The molecule has 0 aliphatic carbocycles. The monoisotopic (exact) mass is 236 g/mol. The molecule has 2 saturated heterocycles. The van der Waals surface area contributed by atoms with Crippen LogP contribution in [0.15, 0.2) is 16.8 Å². The SMILES string of the molecule is CC(c1ccsc1)N1C[C@@H]2CCCN[C@@H]2C1. The van der Waals surface area contributed by atoms with Crippen molar-refractivity contribution >= 4 is 11.3 Å². The molecular formula is C13H20N2S. The van der Waals surface area contributed by atoms with Crippen LogP contribution in [0.25, 0.3) is 0 Å². The maximum absolute atomic E-state index is 3.67. The van der Waals surface area contributed by atoms with Crippen LogP contribution in [-0.2, 0) is 0 Å². The first-order valence-corrected chi connectivity index (χ1v) is 7.28. The quantitative estimate of drug-likeness (QED) is 0.848. The second-order valence-electron chi connectivity index (χ2n) is 5.15. The average Bonchev–Trinajstić information content (AvgIpc) is 2.97. The van der Waals surface area contributed by atoms with Crippen molar-refractivity contribution in [3.8, 4) is 0 Å². The van der Waals surface area contributed by atoms with Crippen LogP contribution in [0.1, 0.15) is 31.4 Å². The van der Waals surface area contributed by atoms with Crippen molar-refractivity contribution in [1.82, 2.24) is 10.2 Å². The molecule has 3 atom stereocenters. The molecule has 1 unspecified atom stereocenters. The number of likely N-dealkylation sites (tertiary alicyclic amines) is 1.